The van der Waals surface area contributed by atoms with Crippen LogP contribution in [0.1, 0.15) is 37.7 Å². The van der Waals surface area contributed by atoms with Gasteiger partial charge in [-0.15, -0.1) is 0 Å². The second-order valence-corrected chi connectivity index (χ2v) is 6.53. The molecule has 0 N–H and O–H groups in total. The first kappa shape index (κ1) is 13.1. The summed E-state index contributed by atoms with van der Waals surface area (Å²) in [6, 6.07) is 13.3. The summed E-state index contributed by atoms with van der Waals surface area (Å²) in [6.45, 7) is 4.10. The largest absolute Gasteiger partial charge is 0.490 e. The van der Waals surface area contributed by atoms with Crippen molar-refractivity contribution in [1.82, 2.24) is 0 Å². The summed E-state index contributed by atoms with van der Waals surface area (Å²) in [5.41, 5.74) is 1.41. The van der Waals surface area contributed by atoms with Gasteiger partial charge in [0, 0.05) is 12.5 Å². The number of benzene rings is 2. The van der Waals surface area contributed by atoms with Gasteiger partial charge in [0.25, 0.3) is 0 Å². The first-order valence-corrected chi connectivity index (χ1v) is 8.08. The second kappa shape index (κ2) is 5.34. The Morgan fingerprint density at radius 1 is 1.00 bits per heavy atom. The van der Waals surface area contributed by atoms with E-state index in [1.165, 1.54) is 29.2 Å². The number of hydrogen-bond donors (Lipinski definition) is 0. The van der Waals surface area contributed by atoms with Crippen molar-refractivity contribution in [1.29, 1.82) is 0 Å². The average Bonchev–Trinajstić information content (AvgIpc) is 3.31. The highest BCUT2D eigenvalue weighted by Crippen LogP contribution is 2.34. The minimum Gasteiger partial charge on any atom is -0.490 e. The summed E-state index contributed by atoms with van der Waals surface area (Å²) in [6.07, 6.45) is 4.03. The summed E-state index contributed by atoms with van der Waals surface area (Å²) < 4.78 is 11.5. The van der Waals surface area contributed by atoms with Gasteiger partial charge in [0.2, 0.25) is 0 Å². The molecule has 1 saturated heterocycles. The zero-order chi connectivity index (χ0) is 14.2. The molecular weight excluding hydrogens is 260 g/mol. The minimum atomic E-state index is 0.460. The molecule has 21 heavy (non-hydrogen) atoms. The molecule has 2 unspecified atom stereocenters. The van der Waals surface area contributed by atoms with Gasteiger partial charge in [-0.1, -0.05) is 31.2 Å². The summed E-state index contributed by atoms with van der Waals surface area (Å²) in [7, 11) is 0. The Kier molecular flexibility index (Phi) is 3.34. The van der Waals surface area contributed by atoms with Gasteiger partial charge in [-0.3, -0.25) is 0 Å². The first-order chi connectivity index (χ1) is 10.3. The second-order valence-electron chi connectivity index (χ2n) is 6.53. The molecule has 2 fully saturated rings. The molecule has 2 aliphatic rings. The molecule has 0 radical (unpaired) electrons. The zero-order valence-corrected chi connectivity index (χ0v) is 12.5. The van der Waals surface area contributed by atoms with E-state index in [0.717, 1.165) is 25.4 Å². The third-order valence-corrected chi connectivity index (χ3v) is 4.79. The van der Waals surface area contributed by atoms with E-state index >= 15 is 0 Å². The molecule has 4 rings (SSSR count). The van der Waals surface area contributed by atoms with Gasteiger partial charge in [-0.05, 0) is 53.6 Å². The van der Waals surface area contributed by atoms with Crippen molar-refractivity contribution < 1.29 is 9.47 Å². The predicted octanol–water partition coefficient (Wildman–Crippen LogP) is 4.52. The van der Waals surface area contributed by atoms with Crippen molar-refractivity contribution in [2.24, 2.45) is 5.92 Å². The fourth-order valence-corrected chi connectivity index (χ4v) is 3.19. The van der Waals surface area contributed by atoms with Crippen LogP contribution in [-0.2, 0) is 4.74 Å². The van der Waals surface area contributed by atoms with Crippen LogP contribution in [0.2, 0.25) is 0 Å². The minimum absolute atomic E-state index is 0.460. The van der Waals surface area contributed by atoms with Crippen LogP contribution in [0.25, 0.3) is 10.8 Å². The fourth-order valence-electron chi connectivity index (χ4n) is 3.19. The lowest BCUT2D eigenvalue weighted by molar-refractivity contribution is 0.0523. The van der Waals surface area contributed by atoms with E-state index in [1.54, 1.807) is 0 Å². The van der Waals surface area contributed by atoms with Crippen LogP contribution < -0.4 is 4.74 Å². The van der Waals surface area contributed by atoms with Crippen molar-refractivity contribution in [2.75, 3.05) is 13.2 Å². The van der Waals surface area contributed by atoms with E-state index in [-0.39, 0.29) is 0 Å². The van der Waals surface area contributed by atoms with Crippen molar-refractivity contribution >= 4 is 10.8 Å². The molecule has 2 aromatic carbocycles. The summed E-state index contributed by atoms with van der Waals surface area (Å²) >= 11 is 0. The topological polar surface area (TPSA) is 18.5 Å². The number of ether oxygens (including phenoxy) is 2. The number of hydrogen-bond acceptors (Lipinski definition) is 2. The SMILES string of the molecule is CC1CCOCC1c1ccc2cc(OC3CC3)ccc2c1. The van der Waals surface area contributed by atoms with E-state index in [0.29, 0.717) is 17.9 Å². The fraction of sp³-hybridized carbons (Fsp3) is 0.474. The summed E-state index contributed by atoms with van der Waals surface area (Å²) in [5.74, 6) is 2.24. The van der Waals surface area contributed by atoms with Gasteiger partial charge in [-0.2, -0.15) is 0 Å². The van der Waals surface area contributed by atoms with Gasteiger partial charge in [-0.25, -0.2) is 0 Å². The highest BCUT2D eigenvalue weighted by atomic mass is 16.5. The van der Waals surface area contributed by atoms with Crippen LogP contribution in [0, 0.1) is 5.92 Å². The Bertz CT molecular complexity index is 645. The van der Waals surface area contributed by atoms with Gasteiger partial charge in [0.15, 0.2) is 0 Å². The molecule has 2 heteroatoms. The van der Waals surface area contributed by atoms with Crippen LogP contribution in [0.15, 0.2) is 36.4 Å². The number of fused-ring (bicyclic) bond motifs is 1. The molecule has 1 saturated carbocycles. The van der Waals surface area contributed by atoms with E-state index in [9.17, 15) is 0 Å². The highest BCUT2D eigenvalue weighted by molar-refractivity contribution is 5.84. The van der Waals surface area contributed by atoms with E-state index in [4.69, 9.17) is 9.47 Å². The van der Waals surface area contributed by atoms with Crippen LogP contribution in [-0.4, -0.2) is 19.3 Å². The maximum Gasteiger partial charge on any atom is 0.120 e. The van der Waals surface area contributed by atoms with Crippen molar-refractivity contribution in [3.05, 3.63) is 42.0 Å². The molecule has 2 atom stereocenters. The Morgan fingerprint density at radius 3 is 2.62 bits per heavy atom. The summed E-state index contributed by atoms with van der Waals surface area (Å²) in [4.78, 5) is 0. The molecular formula is C19H22O2. The van der Waals surface area contributed by atoms with Crippen LogP contribution in [0.3, 0.4) is 0 Å². The lowest BCUT2D eigenvalue weighted by Crippen LogP contribution is -2.23. The van der Waals surface area contributed by atoms with Crippen molar-refractivity contribution in [2.45, 2.75) is 38.2 Å². The Balaban J connectivity index is 1.62. The summed E-state index contributed by atoms with van der Waals surface area (Å²) in [5, 5.41) is 2.56. The highest BCUT2D eigenvalue weighted by Gasteiger charge is 2.24. The standard InChI is InChI=1S/C19H22O2/c1-13-8-9-20-12-19(13)16-3-2-15-11-18(21-17-6-7-17)5-4-14(15)10-16/h2-5,10-11,13,17,19H,6-9,12H2,1H3. The lowest BCUT2D eigenvalue weighted by Gasteiger charge is -2.29. The molecule has 2 aromatic rings. The Morgan fingerprint density at radius 2 is 1.81 bits per heavy atom. The normalized spacial score (nSPS) is 26.0. The smallest absolute Gasteiger partial charge is 0.120 e. The van der Waals surface area contributed by atoms with E-state index < -0.39 is 0 Å². The van der Waals surface area contributed by atoms with E-state index in [2.05, 4.69) is 43.3 Å². The molecule has 0 bridgehead atoms. The maximum absolute atomic E-state index is 5.88. The quantitative estimate of drug-likeness (QED) is 0.824. The lowest BCUT2D eigenvalue weighted by atomic mass is 9.84. The molecule has 0 aromatic heterocycles. The number of rotatable bonds is 3. The first-order valence-electron chi connectivity index (χ1n) is 8.08. The van der Waals surface area contributed by atoms with Gasteiger partial charge in [0.1, 0.15) is 5.75 Å². The van der Waals surface area contributed by atoms with Crippen LogP contribution >= 0.6 is 0 Å². The monoisotopic (exact) mass is 282 g/mol. The molecule has 110 valence electrons. The average molecular weight is 282 g/mol. The van der Waals surface area contributed by atoms with Crippen LogP contribution in [0.4, 0.5) is 0 Å². The third kappa shape index (κ3) is 2.77. The Labute approximate surface area is 126 Å². The molecule has 1 heterocycles. The Hall–Kier alpha value is -1.54. The van der Waals surface area contributed by atoms with Gasteiger partial charge < -0.3 is 9.47 Å². The third-order valence-electron chi connectivity index (χ3n) is 4.79. The predicted molar refractivity (Wildman–Crippen MR) is 84.9 cm³/mol. The van der Waals surface area contributed by atoms with Gasteiger partial charge in [0.05, 0.1) is 12.7 Å². The van der Waals surface area contributed by atoms with Crippen molar-refractivity contribution in [3.63, 3.8) is 0 Å². The van der Waals surface area contributed by atoms with Crippen LogP contribution in [0.5, 0.6) is 5.75 Å². The molecule has 1 aliphatic carbocycles. The van der Waals surface area contributed by atoms with Crippen molar-refractivity contribution in [3.8, 4) is 5.75 Å². The zero-order valence-electron chi connectivity index (χ0n) is 12.5. The molecule has 0 amide bonds. The van der Waals surface area contributed by atoms with Gasteiger partial charge >= 0.3 is 0 Å². The molecule has 2 nitrogen and oxygen atoms in total. The molecule has 0 spiro atoms. The van der Waals surface area contributed by atoms with E-state index in [1.807, 2.05) is 0 Å². The maximum atomic E-state index is 5.88. The molecule has 1 aliphatic heterocycles.